The van der Waals surface area contributed by atoms with Crippen LogP contribution in [-0.2, 0) is 18.6 Å². The van der Waals surface area contributed by atoms with Crippen LogP contribution in [0.4, 0.5) is 5.82 Å². The van der Waals surface area contributed by atoms with Gasteiger partial charge in [-0.2, -0.15) is 0 Å². The number of nitrogens with two attached hydrogens (primary N) is 1. The van der Waals surface area contributed by atoms with Gasteiger partial charge in [-0.3, -0.25) is 18.7 Å². The van der Waals surface area contributed by atoms with E-state index >= 15 is 0 Å². The number of aliphatic carboxylic acids is 1. The Labute approximate surface area is 158 Å². The maximum Gasteiger partial charge on any atom is 0.469 e. The average molecular weight is 424 g/mol. The molecule has 0 saturated carbocycles. The molecule has 1 aliphatic heterocycles. The van der Waals surface area contributed by atoms with Gasteiger partial charge >= 0.3 is 13.8 Å². The summed E-state index contributed by atoms with van der Waals surface area (Å²) in [5.74, 6) is -2.08. The normalized spacial score (nSPS) is 26.2. The Hall–Kier alpha value is -2.06. The Morgan fingerprint density at radius 1 is 1.43 bits per heavy atom. The zero-order chi connectivity index (χ0) is 21.2. The number of rotatable bonds is 8. The lowest BCUT2D eigenvalue weighted by Crippen LogP contribution is -2.35. The molecule has 2 heterocycles. The molecule has 28 heavy (non-hydrogen) atoms. The topological polar surface area (TPSA) is 227 Å². The lowest BCUT2D eigenvalue weighted by atomic mass is 10.1. The summed E-state index contributed by atoms with van der Waals surface area (Å²) < 4.78 is 21.4. The fourth-order valence-corrected chi connectivity index (χ4v) is 2.96. The third kappa shape index (κ3) is 5.26. The first-order chi connectivity index (χ1) is 12.9. The van der Waals surface area contributed by atoms with Gasteiger partial charge in [-0.15, -0.1) is 0 Å². The van der Waals surface area contributed by atoms with Gasteiger partial charge in [-0.25, -0.2) is 9.55 Å². The van der Waals surface area contributed by atoms with Crippen LogP contribution in [-0.4, -0.2) is 77.5 Å². The fourth-order valence-electron chi connectivity index (χ4n) is 2.62. The largest absolute Gasteiger partial charge is 0.481 e. The molecule has 8 N–H and O–H groups in total. The van der Waals surface area contributed by atoms with Crippen molar-refractivity contribution in [3.8, 4) is 0 Å². The van der Waals surface area contributed by atoms with Crippen LogP contribution in [0.5, 0.6) is 0 Å². The molecule has 1 aromatic rings. The van der Waals surface area contributed by atoms with E-state index in [9.17, 15) is 24.4 Å². The average Bonchev–Trinajstić information content (AvgIpc) is 3.05. The molecule has 0 aliphatic carbocycles. The number of imidazole rings is 1. The van der Waals surface area contributed by atoms with Crippen LogP contribution >= 0.6 is 7.82 Å². The number of carbonyl (C=O) groups is 2. The Bertz CT molecular complexity index is 779. The molecule has 1 amide bonds. The highest BCUT2D eigenvalue weighted by atomic mass is 31.2. The van der Waals surface area contributed by atoms with Crippen LogP contribution in [0.25, 0.3) is 0 Å². The number of phosphoric ester groups is 1. The molecule has 0 unspecified atom stereocenters. The number of hydrogen-bond donors (Lipinski definition) is 7. The summed E-state index contributed by atoms with van der Waals surface area (Å²) in [5.41, 5.74) is 5.60. The zero-order valence-electron chi connectivity index (χ0n) is 14.6. The number of nitrogens with zero attached hydrogens (tertiary/aromatic N) is 2. The Morgan fingerprint density at radius 3 is 2.64 bits per heavy atom. The van der Waals surface area contributed by atoms with Gasteiger partial charge < -0.3 is 40.9 Å². The van der Waals surface area contributed by atoms with Gasteiger partial charge in [-0.1, -0.05) is 0 Å². The van der Waals surface area contributed by atoms with E-state index in [1.165, 1.54) is 6.92 Å². The van der Waals surface area contributed by atoms with Crippen molar-refractivity contribution in [1.82, 2.24) is 14.9 Å². The van der Waals surface area contributed by atoms with Gasteiger partial charge in [0.1, 0.15) is 24.1 Å². The van der Waals surface area contributed by atoms with Gasteiger partial charge in [0, 0.05) is 6.04 Å². The molecule has 1 saturated heterocycles. The number of amides is 1. The highest BCUT2D eigenvalue weighted by molar-refractivity contribution is 7.46. The predicted molar refractivity (Wildman–Crippen MR) is 89.7 cm³/mol. The van der Waals surface area contributed by atoms with E-state index in [1.54, 1.807) is 0 Å². The van der Waals surface area contributed by atoms with Gasteiger partial charge in [0.2, 0.25) is 0 Å². The predicted octanol–water partition coefficient (Wildman–Crippen LogP) is -2.21. The maximum absolute atomic E-state index is 12.2. The van der Waals surface area contributed by atoms with Crippen LogP contribution in [0.3, 0.4) is 0 Å². The number of nitrogen functional groups attached to an aromatic ring is 1. The molecule has 1 aromatic heterocycles. The van der Waals surface area contributed by atoms with E-state index in [1.807, 2.05) is 0 Å². The van der Waals surface area contributed by atoms with Gasteiger partial charge in [0.25, 0.3) is 5.91 Å². The molecule has 0 bridgehead atoms. The maximum atomic E-state index is 12.2. The first-order valence-electron chi connectivity index (χ1n) is 7.97. The number of carboxylic acid groups (broad SMARTS) is 1. The molecule has 0 radical (unpaired) electrons. The van der Waals surface area contributed by atoms with Crippen LogP contribution in [0.15, 0.2) is 6.33 Å². The third-order valence-corrected chi connectivity index (χ3v) is 4.41. The van der Waals surface area contributed by atoms with E-state index in [4.69, 9.17) is 25.4 Å². The molecular weight excluding hydrogens is 403 g/mol. The lowest BCUT2D eigenvalue weighted by Gasteiger charge is -2.18. The van der Waals surface area contributed by atoms with E-state index < -0.39 is 56.9 Å². The van der Waals surface area contributed by atoms with Gasteiger partial charge in [0.05, 0.1) is 19.4 Å². The molecule has 1 fully saturated rings. The van der Waals surface area contributed by atoms with Crippen molar-refractivity contribution < 1.29 is 48.5 Å². The number of aliphatic hydroxyl groups excluding tert-OH is 2. The molecule has 15 heteroatoms. The van der Waals surface area contributed by atoms with E-state index in [0.29, 0.717) is 0 Å². The molecule has 158 valence electrons. The number of aromatic nitrogens is 2. The van der Waals surface area contributed by atoms with Crippen molar-refractivity contribution in [2.24, 2.45) is 0 Å². The Morgan fingerprint density at radius 2 is 2.07 bits per heavy atom. The van der Waals surface area contributed by atoms with Gasteiger partial charge in [-0.05, 0) is 6.92 Å². The number of anilines is 1. The summed E-state index contributed by atoms with van der Waals surface area (Å²) >= 11 is 0. The summed E-state index contributed by atoms with van der Waals surface area (Å²) in [7, 11) is -4.81. The summed E-state index contributed by atoms with van der Waals surface area (Å²) in [6.07, 6.45) is -4.92. The minimum atomic E-state index is -4.81. The highest BCUT2D eigenvalue weighted by Crippen LogP contribution is 2.38. The third-order valence-electron chi connectivity index (χ3n) is 3.92. The smallest absolute Gasteiger partial charge is 0.469 e. The van der Waals surface area contributed by atoms with Crippen molar-refractivity contribution >= 4 is 25.5 Å². The number of carbonyl (C=O) groups excluding carboxylic acids is 1. The van der Waals surface area contributed by atoms with Crippen LogP contribution < -0.4 is 11.1 Å². The van der Waals surface area contributed by atoms with E-state index in [2.05, 4.69) is 14.8 Å². The second-order valence-corrected chi connectivity index (χ2v) is 7.43. The van der Waals surface area contributed by atoms with Crippen molar-refractivity contribution in [1.29, 1.82) is 0 Å². The van der Waals surface area contributed by atoms with Crippen molar-refractivity contribution in [2.75, 3.05) is 12.3 Å². The molecular formula is C13H21N4O10P. The zero-order valence-corrected chi connectivity index (χ0v) is 15.5. The first-order valence-corrected chi connectivity index (χ1v) is 9.50. The number of phosphoric acid groups is 1. The van der Waals surface area contributed by atoms with E-state index in [0.717, 1.165) is 10.9 Å². The number of nitrogens with one attached hydrogen (secondary N) is 1. The quantitative estimate of drug-likeness (QED) is 0.220. The van der Waals surface area contributed by atoms with E-state index in [-0.39, 0.29) is 17.9 Å². The number of aliphatic hydroxyl groups is 2. The van der Waals surface area contributed by atoms with Crippen LogP contribution in [0.1, 0.15) is 30.1 Å². The van der Waals surface area contributed by atoms with Crippen molar-refractivity contribution in [2.45, 2.75) is 43.9 Å². The van der Waals surface area contributed by atoms with Crippen molar-refractivity contribution in [3.63, 3.8) is 0 Å². The molecule has 0 aromatic carbocycles. The summed E-state index contributed by atoms with van der Waals surface area (Å²) in [6.45, 7) is 0.776. The van der Waals surface area contributed by atoms with Crippen molar-refractivity contribution in [3.05, 3.63) is 12.0 Å². The Kier molecular flexibility index (Phi) is 6.77. The summed E-state index contributed by atoms with van der Waals surface area (Å²) in [5, 5.41) is 31.2. The number of hydrogen-bond acceptors (Lipinski definition) is 9. The first kappa shape index (κ1) is 22.2. The monoisotopic (exact) mass is 424 g/mol. The summed E-state index contributed by atoms with van der Waals surface area (Å²) in [4.78, 5) is 44.1. The highest BCUT2D eigenvalue weighted by Gasteiger charge is 2.45. The molecule has 14 nitrogen and oxygen atoms in total. The van der Waals surface area contributed by atoms with Crippen LogP contribution in [0.2, 0.25) is 0 Å². The van der Waals surface area contributed by atoms with Gasteiger partial charge in [0.15, 0.2) is 11.9 Å². The molecule has 2 rings (SSSR count). The fraction of sp³-hybridized carbons (Fsp3) is 0.615. The Balaban J connectivity index is 2.11. The minimum absolute atomic E-state index is 0.229. The second-order valence-electron chi connectivity index (χ2n) is 6.19. The standard InChI is InChI=1S/C13H21N4O10P/c1-5(2-7(18)19)16-12(22)8-11(14)17(4-15-8)13-10(21)9(20)6(27-13)3-26-28(23,24)25/h4-6,9-10,13,20-21H,2-3,14H2,1H3,(H,16,22)(H,18,19)(H2,23,24,25)/t5-,6-,9-,10-,13-/m1/s1. The second kappa shape index (κ2) is 8.53. The molecule has 1 aliphatic rings. The minimum Gasteiger partial charge on any atom is -0.481 e. The van der Waals surface area contributed by atoms with Crippen LogP contribution in [0, 0.1) is 0 Å². The number of carboxylic acids is 1. The number of ether oxygens (including phenoxy) is 1. The summed E-state index contributed by atoms with van der Waals surface area (Å²) in [6, 6.07) is -0.695. The molecule has 0 spiro atoms. The lowest BCUT2D eigenvalue weighted by molar-refractivity contribution is -0.137. The SMILES string of the molecule is C[C@H](CC(=O)O)NC(=O)c1ncn([C@@H]2O[C@H](COP(=O)(O)O)[C@@H](O)[C@H]2O)c1N. The molecule has 5 atom stereocenters.